The van der Waals surface area contributed by atoms with Crippen molar-refractivity contribution >= 4 is 62.8 Å². The summed E-state index contributed by atoms with van der Waals surface area (Å²) in [5, 5.41) is 3.00. The van der Waals surface area contributed by atoms with Crippen LogP contribution in [0.3, 0.4) is 0 Å². The van der Waals surface area contributed by atoms with Gasteiger partial charge in [0.05, 0.1) is 11.6 Å². The molecule has 0 atom stereocenters. The Morgan fingerprint density at radius 1 is 1.15 bits per heavy atom. The molecule has 0 aliphatic heterocycles. The van der Waals surface area contributed by atoms with Crippen molar-refractivity contribution in [2.24, 2.45) is 0 Å². The molecule has 0 bridgehead atoms. The number of amides is 2. The van der Waals surface area contributed by atoms with Crippen LogP contribution in [-0.4, -0.2) is 24.0 Å². The number of benzene rings is 2. The van der Waals surface area contributed by atoms with Crippen LogP contribution in [0.25, 0.3) is 6.08 Å². The Morgan fingerprint density at radius 3 is 2.48 bits per heavy atom. The van der Waals surface area contributed by atoms with Gasteiger partial charge in [-0.1, -0.05) is 23.7 Å². The predicted octanol–water partition coefficient (Wildman–Crippen LogP) is 3.46. The largest absolute Gasteiger partial charge is 0.496 e. The lowest BCUT2D eigenvalue weighted by Gasteiger charge is -2.10. The molecule has 3 N–H and O–H groups in total. The molecule has 6 nitrogen and oxygen atoms in total. The molecule has 2 aromatic rings. The van der Waals surface area contributed by atoms with E-state index in [9.17, 15) is 9.59 Å². The van der Waals surface area contributed by atoms with E-state index < -0.39 is 11.8 Å². The van der Waals surface area contributed by atoms with E-state index in [1.807, 2.05) is 0 Å². The van der Waals surface area contributed by atoms with Gasteiger partial charge in [0.2, 0.25) is 5.91 Å². The maximum atomic E-state index is 12.1. The zero-order valence-electron chi connectivity index (χ0n) is 14.1. The average Bonchev–Trinajstić information content (AvgIpc) is 2.65. The molecule has 0 radical (unpaired) electrons. The number of hydrogen-bond acceptors (Lipinski definition) is 4. The van der Waals surface area contributed by atoms with E-state index in [0.29, 0.717) is 20.8 Å². The Balaban J connectivity index is 1.82. The van der Waals surface area contributed by atoms with Crippen molar-refractivity contribution in [2.45, 2.75) is 0 Å². The summed E-state index contributed by atoms with van der Waals surface area (Å²) < 4.78 is 5.75. The standard InChI is InChI=1S/C18H15BrClN3O3S/c1-26-15-8-5-12(10-14(15)19)17(25)22-23-18(27)21-16(24)9-4-11-2-6-13(20)7-3-11/h2-10H,1H3,(H,22,25)(H2,21,23,24,27)/b9-4+. The summed E-state index contributed by atoms with van der Waals surface area (Å²) in [6.45, 7) is 0. The summed E-state index contributed by atoms with van der Waals surface area (Å²) in [6, 6.07) is 11.8. The van der Waals surface area contributed by atoms with Crippen molar-refractivity contribution in [3.8, 4) is 5.75 Å². The van der Waals surface area contributed by atoms with Crippen molar-refractivity contribution in [1.29, 1.82) is 0 Å². The highest BCUT2D eigenvalue weighted by atomic mass is 79.9. The monoisotopic (exact) mass is 467 g/mol. The maximum Gasteiger partial charge on any atom is 0.269 e. The lowest BCUT2D eigenvalue weighted by atomic mass is 10.2. The fourth-order valence-electron chi connectivity index (χ4n) is 1.92. The molecule has 2 rings (SSSR count). The van der Waals surface area contributed by atoms with E-state index in [2.05, 4.69) is 32.1 Å². The Hall–Kier alpha value is -2.42. The number of rotatable bonds is 4. The summed E-state index contributed by atoms with van der Waals surface area (Å²) in [5.74, 6) is -0.259. The van der Waals surface area contributed by atoms with Crippen LogP contribution >= 0.6 is 39.7 Å². The Bertz CT molecular complexity index is 888. The molecule has 0 heterocycles. The number of nitrogens with one attached hydrogen (secondary N) is 3. The van der Waals surface area contributed by atoms with Crippen LogP contribution in [0.2, 0.25) is 5.02 Å². The highest BCUT2D eigenvalue weighted by Gasteiger charge is 2.09. The fourth-order valence-corrected chi connectivity index (χ4v) is 2.74. The van der Waals surface area contributed by atoms with Crippen molar-refractivity contribution in [3.05, 3.63) is 69.2 Å². The van der Waals surface area contributed by atoms with E-state index >= 15 is 0 Å². The van der Waals surface area contributed by atoms with Crippen molar-refractivity contribution in [2.75, 3.05) is 7.11 Å². The number of ether oxygens (including phenoxy) is 1. The molecule has 2 amide bonds. The number of thiocarbonyl (C=S) groups is 1. The van der Waals surface area contributed by atoms with Gasteiger partial charge in [-0.3, -0.25) is 25.8 Å². The smallest absolute Gasteiger partial charge is 0.269 e. The highest BCUT2D eigenvalue weighted by Crippen LogP contribution is 2.25. The third-order valence-electron chi connectivity index (χ3n) is 3.24. The van der Waals surface area contributed by atoms with Crippen LogP contribution in [-0.2, 0) is 4.79 Å². The van der Waals surface area contributed by atoms with Gasteiger partial charge in [-0.15, -0.1) is 0 Å². The molecule has 9 heteroatoms. The number of methoxy groups -OCH3 is 1. The summed E-state index contributed by atoms with van der Waals surface area (Å²) in [7, 11) is 1.53. The molecule has 0 aliphatic carbocycles. The van der Waals surface area contributed by atoms with E-state index in [-0.39, 0.29) is 5.11 Å². The van der Waals surface area contributed by atoms with Gasteiger partial charge in [0.25, 0.3) is 5.91 Å². The van der Waals surface area contributed by atoms with Crippen LogP contribution in [0, 0.1) is 0 Å². The van der Waals surface area contributed by atoms with Gasteiger partial charge in [-0.25, -0.2) is 0 Å². The number of halogens is 2. The first-order valence-electron chi connectivity index (χ1n) is 7.57. The molecule has 0 fully saturated rings. The van der Waals surface area contributed by atoms with Crippen LogP contribution in [0.15, 0.2) is 53.0 Å². The first-order valence-corrected chi connectivity index (χ1v) is 9.15. The minimum atomic E-state index is -0.441. The normalized spacial score (nSPS) is 10.3. The molecule has 140 valence electrons. The number of hydrogen-bond donors (Lipinski definition) is 3. The topological polar surface area (TPSA) is 79.5 Å². The molecule has 0 spiro atoms. The first-order chi connectivity index (χ1) is 12.9. The Morgan fingerprint density at radius 2 is 1.85 bits per heavy atom. The minimum Gasteiger partial charge on any atom is -0.496 e. The molecule has 0 aliphatic rings. The number of carbonyl (C=O) groups excluding carboxylic acids is 2. The first kappa shape index (κ1) is 20.9. The summed E-state index contributed by atoms with van der Waals surface area (Å²) in [6.07, 6.45) is 2.93. The predicted molar refractivity (Wildman–Crippen MR) is 113 cm³/mol. The summed E-state index contributed by atoms with van der Waals surface area (Å²) >= 11 is 14.1. The lowest BCUT2D eigenvalue weighted by molar-refractivity contribution is -0.115. The minimum absolute atomic E-state index is 0.0401. The number of hydrazine groups is 1. The van der Waals surface area contributed by atoms with Gasteiger partial charge in [0.15, 0.2) is 5.11 Å². The second kappa shape index (κ2) is 10.1. The summed E-state index contributed by atoms with van der Waals surface area (Å²) in [5.41, 5.74) is 6.06. The van der Waals surface area contributed by atoms with Crippen LogP contribution in [0.1, 0.15) is 15.9 Å². The van der Waals surface area contributed by atoms with Crippen LogP contribution in [0.4, 0.5) is 0 Å². The van der Waals surface area contributed by atoms with Gasteiger partial charge in [-0.2, -0.15) is 0 Å². The molecule has 0 saturated carbocycles. The average molecular weight is 469 g/mol. The van der Waals surface area contributed by atoms with E-state index in [0.717, 1.165) is 5.56 Å². The second-order valence-corrected chi connectivity index (χ2v) is 6.83. The molecule has 27 heavy (non-hydrogen) atoms. The van der Waals surface area contributed by atoms with Crippen LogP contribution < -0.4 is 20.9 Å². The van der Waals surface area contributed by atoms with Crippen molar-refractivity contribution in [1.82, 2.24) is 16.2 Å². The van der Waals surface area contributed by atoms with Gasteiger partial charge in [0, 0.05) is 16.7 Å². The number of carbonyl (C=O) groups is 2. The highest BCUT2D eigenvalue weighted by molar-refractivity contribution is 9.10. The molecule has 0 saturated heterocycles. The maximum absolute atomic E-state index is 12.1. The third-order valence-corrected chi connectivity index (χ3v) is 4.31. The van der Waals surface area contributed by atoms with Gasteiger partial charge >= 0.3 is 0 Å². The SMILES string of the molecule is COc1ccc(C(=O)NNC(=S)NC(=O)/C=C/c2ccc(Cl)cc2)cc1Br. The van der Waals surface area contributed by atoms with E-state index in [1.165, 1.54) is 13.2 Å². The molecular formula is C18H15BrClN3O3S. The molecular weight excluding hydrogens is 454 g/mol. The Kier molecular flexibility index (Phi) is 7.78. The molecule has 2 aromatic carbocycles. The fraction of sp³-hybridized carbons (Fsp3) is 0.0556. The van der Waals surface area contributed by atoms with Gasteiger partial charge in [-0.05, 0) is 70.1 Å². The van der Waals surface area contributed by atoms with Crippen LogP contribution in [0.5, 0.6) is 5.75 Å². The van der Waals surface area contributed by atoms with Gasteiger partial charge < -0.3 is 4.74 Å². The molecule has 0 aromatic heterocycles. The summed E-state index contributed by atoms with van der Waals surface area (Å²) in [4.78, 5) is 23.9. The van der Waals surface area contributed by atoms with E-state index in [1.54, 1.807) is 48.5 Å². The Labute approximate surface area is 175 Å². The van der Waals surface area contributed by atoms with Crippen molar-refractivity contribution in [3.63, 3.8) is 0 Å². The second-order valence-electron chi connectivity index (χ2n) is 5.13. The van der Waals surface area contributed by atoms with Gasteiger partial charge in [0.1, 0.15) is 5.75 Å². The quantitative estimate of drug-likeness (QED) is 0.364. The zero-order valence-corrected chi connectivity index (χ0v) is 17.2. The lowest BCUT2D eigenvalue weighted by Crippen LogP contribution is -2.48. The van der Waals surface area contributed by atoms with E-state index in [4.69, 9.17) is 28.6 Å². The zero-order chi connectivity index (χ0) is 19.8. The molecule has 0 unspecified atom stereocenters. The third kappa shape index (κ3) is 6.67. The van der Waals surface area contributed by atoms with Crippen molar-refractivity contribution < 1.29 is 14.3 Å².